The third-order valence-electron chi connectivity index (χ3n) is 7.85. The molecule has 2 N–H and O–H groups in total. The van der Waals surface area contributed by atoms with Crippen molar-refractivity contribution in [1.29, 1.82) is 5.41 Å². The van der Waals surface area contributed by atoms with Gasteiger partial charge >= 0.3 is 0 Å². The minimum absolute atomic E-state index is 0.448. The average molecular weight is 434 g/mol. The Morgan fingerprint density at radius 3 is 2.62 bits per heavy atom. The van der Waals surface area contributed by atoms with Crippen molar-refractivity contribution in [3.8, 4) is 0 Å². The SMILES string of the molecule is CN/C=C(\C(C)=N)c1nc(N2CCC3(CC2)CCN(C2CCCC2)C3)c2ccncc2n1. The van der Waals surface area contributed by atoms with E-state index in [9.17, 15) is 0 Å². The molecule has 32 heavy (non-hydrogen) atoms. The highest BCUT2D eigenvalue weighted by Gasteiger charge is 2.43. The number of anilines is 1. The fourth-order valence-electron chi connectivity index (χ4n) is 5.96. The van der Waals surface area contributed by atoms with Gasteiger partial charge in [0.15, 0.2) is 5.82 Å². The third kappa shape index (κ3) is 3.98. The number of hydrogen-bond acceptors (Lipinski definition) is 7. The van der Waals surface area contributed by atoms with Gasteiger partial charge < -0.3 is 15.6 Å². The lowest BCUT2D eigenvalue weighted by Gasteiger charge is -2.40. The standard InChI is InChI=1S/C25H35N7/c1-18(26)21(15-27-2)23-29-22-16-28-11-7-20(22)24(30-23)31-12-8-25(9-13-31)10-14-32(17-25)19-5-3-4-6-19/h7,11,15-16,19,26-27H,3-6,8-10,12-14,17H2,1-2H3/b21-15+,26-18?. The quantitative estimate of drug-likeness (QED) is 0.697. The topological polar surface area (TPSA) is 81.0 Å². The Morgan fingerprint density at radius 1 is 1.16 bits per heavy atom. The lowest BCUT2D eigenvalue weighted by atomic mass is 9.77. The molecule has 1 saturated carbocycles. The van der Waals surface area contributed by atoms with Crippen molar-refractivity contribution in [2.45, 2.75) is 57.9 Å². The van der Waals surface area contributed by atoms with Crippen LogP contribution in [0.5, 0.6) is 0 Å². The average Bonchev–Trinajstić information content (AvgIpc) is 3.48. The summed E-state index contributed by atoms with van der Waals surface area (Å²) in [5.74, 6) is 1.58. The number of rotatable bonds is 5. The number of fused-ring (bicyclic) bond motifs is 1. The zero-order chi connectivity index (χ0) is 22.1. The first-order valence-corrected chi connectivity index (χ1v) is 12.1. The van der Waals surface area contributed by atoms with Crippen LogP contribution in [-0.2, 0) is 0 Å². The number of aromatic nitrogens is 3. The summed E-state index contributed by atoms with van der Waals surface area (Å²) < 4.78 is 0. The van der Waals surface area contributed by atoms with Gasteiger partial charge in [-0.3, -0.25) is 9.88 Å². The number of hydrogen-bond donors (Lipinski definition) is 2. The Labute approximate surface area is 190 Å². The van der Waals surface area contributed by atoms with Gasteiger partial charge in [0.25, 0.3) is 0 Å². The van der Waals surface area contributed by atoms with Crippen LogP contribution in [0.2, 0.25) is 0 Å². The molecule has 2 saturated heterocycles. The maximum atomic E-state index is 8.19. The molecule has 0 atom stereocenters. The molecule has 2 aromatic rings. The molecule has 0 bridgehead atoms. The van der Waals surface area contributed by atoms with Crippen molar-refractivity contribution in [2.75, 3.05) is 38.1 Å². The summed E-state index contributed by atoms with van der Waals surface area (Å²) in [5.41, 5.74) is 2.49. The van der Waals surface area contributed by atoms with Crippen LogP contribution in [0.3, 0.4) is 0 Å². The van der Waals surface area contributed by atoms with E-state index < -0.39 is 0 Å². The molecule has 1 spiro atoms. The first-order chi connectivity index (χ1) is 15.6. The van der Waals surface area contributed by atoms with Gasteiger partial charge in [0.1, 0.15) is 5.82 Å². The summed E-state index contributed by atoms with van der Waals surface area (Å²) in [6, 6.07) is 2.87. The second-order valence-electron chi connectivity index (χ2n) is 9.88. The molecule has 7 nitrogen and oxygen atoms in total. The minimum atomic E-state index is 0.448. The number of allylic oxidation sites excluding steroid dienone is 1. The van der Waals surface area contributed by atoms with Gasteiger partial charge in [0.05, 0.1) is 17.3 Å². The molecule has 170 valence electrons. The Balaban J connectivity index is 1.39. The molecule has 5 rings (SSSR count). The molecule has 0 aromatic carbocycles. The van der Waals surface area contributed by atoms with Gasteiger partial charge in [0, 0.05) is 56.2 Å². The smallest absolute Gasteiger partial charge is 0.165 e. The third-order valence-corrected chi connectivity index (χ3v) is 7.85. The maximum Gasteiger partial charge on any atom is 0.165 e. The van der Waals surface area contributed by atoms with E-state index in [-0.39, 0.29) is 0 Å². The van der Waals surface area contributed by atoms with Gasteiger partial charge in [-0.15, -0.1) is 0 Å². The molecule has 0 amide bonds. The number of nitrogens with one attached hydrogen (secondary N) is 2. The van der Waals surface area contributed by atoms with Crippen molar-refractivity contribution in [2.24, 2.45) is 5.41 Å². The monoisotopic (exact) mass is 433 g/mol. The first-order valence-electron chi connectivity index (χ1n) is 12.1. The molecule has 3 fully saturated rings. The van der Waals surface area contributed by atoms with Crippen LogP contribution in [0, 0.1) is 10.8 Å². The van der Waals surface area contributed by atoms with E-state index in [2.05, 4.69) is 20.1 Å². The van der Waals surface area contributed by atoms with Gasteiger partial charge in [-0.05, 0) is 57.1 Å². The fourth-order valence-corrected chi connectivity index (χ4v) is 5.96. The van der Waals surface area contributed by atoms with E-state index >= 15 is 0 Å². The predicted molar refractivity (Wildman–Crippen MR) is 130 cm³/mol. The number of pyridine rings is 1. The molecule has 4 heterocycles. The van der Waals surface area contributed by atoms with Crippen LogP contribution < -0.4 is 10.2 Å². The van der Waals surface area contributed by atoms with E-state index in [1.54, 1.807) is 6.92 Å². The largest absolute Gasteiger partial charge is 0.393 e. The summed E-state index contributed by atoms with van der Waals surface area (Å²) in [5, 5.41) is 12.3. The zero-order valence-corrected chi connectivity index (χ0v) is 19.4. The highest BCUT2D eigenvalue weighted by atomic mass is 15.2. The van der Waals surface area contributed by atoms with Crippen LogP contribution in [0.4, 0.5) is 5.82 Å². The van der Waals surface area contributed by atoms with Gasteiger partial charge in [-0.25, -0.2) is 9.97 Å². The van der Waals surface area contributed by atoms with Gasteiger partial charge in [-0.1, -0.05) is 12.8 Å². The van der Waals surface area contributed by atoms with Crippen LogP contribution >= 0.6 is 0 Å². The molecule has 7 heteroatoms. The van der Waals surface area contributed by atoms with Gasteiger partial charge in [0.2, 0.25) is 0 Å². The van der Waals surface area contributed by atoms with E-state index in [0.29, 0.717) is 17.0 Å². The second-order valence-corrected chi connectivity index (χ2v) is 9.88. The summed E-state index contributed by atoms with van der Waals surface area (Å²) in [7, 11) is 1.84. The maximum absolute atomic E-state index is 8.19. The highest BCUT2D eigenvalue weighted by molar-refractivity contribution is 6.20. The molecular weight excluding hydrogens is 398 g/mol. The lowest BCUT2D eigenvalue weighted by molar-refractivity contribution is 0.178. The predicted octanol–water partition coefficient (Wildman–Crippen LogP) is 3.86. The molecule has 3 aliphatic rings. The van der Waals surface area contributed by atoms with E-state index in [0.717, 1.165) is 41.4 Å². The number of piperidine rings is 1. The Morgan fingerprint density at radius 2 is 1.91 bits per heavy atom. The van der Waals surface area contributed by atoms with Crippen molar-refractivity contribution < 1.29 is 0 Å². The van der Waals surface area contributed by atoms with Crippen LogP contribution in [0.1, 0.15) is 57.7 Å². The van der Waals surface area contributed by atoms with Crippen molar-refractivity contribution in [3.05, 3.63) is 30.5 Å². The summed E-state index contributed by atoms with van der Waals surface area (Å²) in [6.45, 7) is 6.41. The number of likely N-dealkylation sites (tertiary alicyclic amines) is 1. The normalized spacial score (nSPS) is 22.2. The molecule has 2 aromatic heterocycles. The molecule has 1 aliphatic carbocycles. The zero-order valence-electron chi connectivity index (χ0n) is 19.4. The van der Waals surface area contributed by atoms with Crippen LogP contribution in [-0.4, -0.2) is 64.8 Å². The summed E-state index contributed by atoms with van der Waals surface area (Å²) >= 11 is 0. The Bertz CT molecular complexity index is 1020. The first kappa shape index (κ1) is 21.3. The van der Waals surface area contributed by atoms with E-state index in [1.807, 2.05) is 31.7 Å². The van der Waals surface area contributed by atoms with Crippen molar-refractivity contribution in [1.82, 2.24) is 25.2 Å². The second kappa shape index (κ2) is 8.77. The lowest BCUT2D eigenvalue weighted by Crippen LogP contribution is -2.43. The Kier molecular flexibility index (Phi) is 5.84. The van der Waals surface area contributed by atoms with E-state index in [4.69, 9.17) is 15.4 Å². The molecule has 0 radical (unpaired) electrons. The van der Waals surface area contributed by atoms with Gasteiger partial charge in [-0.2, -0.15) is 0 Å². The molecular formula is C25H35N7. The summed E-state index contributed by atoms with van der Waals surface area (Å²) in [4.78, 5) is 19.3. The van der Waals surface area contributed by atoms with Crippen molar-refractivity contribution >= 4 is 28.0 Å². The minimum Gasteiger partial charge on any atom is -0.393 e. The van der Waals surface area contributed by atoms with Crippen molar-refractivity contribution in [3.63, 3.8) is 0 Å². The Hall–Kier alpha value is -2.54. The summed E-state index contributed by atoms with van der Waals surface area (Å²) in [6.07, 6.45) is 14.9. The van der Waals surface area contributed by atoms with Crippen LogP contribution in [0.25, 0.3) is 16.5 Å². The fraction of sp³-hybridized carbons (Fsp3) is 0.600. The number of nitrogens with zero attached hydrogens (tertiary/aromatic N) is 5. The highest BCUT2D eigenvalue weighted by Crippen LogP contribution is 2.43. The van der Waals surface area contributed by atoms with E-state index in [1.165, 1.54) is 58.0 Å². The molecule has 0 unspecified atom stereocenters. The molecule has 2 aliphatic heterocycles. The van der Waals surface area contributed by atoms with Crippen LogP contribution in [0.15, 0.2) is 24.7 Å².